The van der Waals surface area contributed by atoms with Gasteiger partial charge in [0.2, 0.25) is 10.0 Å². The number of morpholine rings is 1. The topological polar surface area (TPSA) is 94.2 Å². The van der Waals surface area contributed by atoms with E-state index in [1.807, 2.05) is 13.0 Å². The normalized spacial score (nSPS) is 16.0. The monoisotopic (exact) mass is 434 g/mol. The van der Waals surface area contributed by atoms with E-state index in [2.05, 4.69) is 5.32 Å². The Labute approximate surface area is 176 Å². The van der Waals surface area contributed by atoms with E-state index in [4.69, 9.17) is 14.2 Å². The second-order valence-corrected chi connectivity index (χ2v) is 8.78. The molecule has 8 nitrogen and oxygen atoms in total. The number of amides is 1. The van der Waals surface area contributed by atoms with Gasteiger partial charge in [-0.15, -0.1) is 0 Å². The van der Waals surface area contributed by atoms with E-state index in [-0.39, 0.29) is 16.8 Å². The lowest BCUT2D eigenvalue weighted by molar-refractivity contribution is 0.0730. The van der Waals surface area contributed by atoms with Crippen molar-refractivity contribution < 1.29 is 27.4 Å². The van der Waals surface area contributed by atoms with E-state index in [9.17, 15) is 13.2 Å². The summed E-state index contributed by atoms with van der Waals surface area (Å²) in [7, 11) is -0.462. The average molecular weight is 435 g/mol. The maximum Gasteiger partial charge on any atom is 0.251 e. The van der Waals surface area contributed by atoms with Crippen LogP contribution in [-0.4, -0.2) is 59.2 Å². The van der Waals surface area contributed by atoms with Crippen molar-refractivity contribution in [1.29, 1.82) is 0 Å². The van der Waals surface area contributed by atoms with Crippen molar-refractivity contribution in [1.82, 2.24) is 9.62 Å². The highest BCUT2D eigenvalue weighted by atomic mass is 32.2. The average Bonchev–Trinajstić information content (AvgIpc) is 2.79. The smallest absolute Gasteiger partial charge is 0.251 e. The van der Waals surface area contributed by atoms with E-state index in [1.165, 1.54) is 28.6 Å². The molecule has 3 rings (SSSR count). The third-order valence-corrected chi connectivity index (χ3v) is 6.89. The van der Waals surface area contributed by atoms with Gasteiger partial charge in [-0.2, -0.15) is 4.31 Å². The molecule has 0 aliphatic carbocycles. The number of nitrogens with zero attached hydrogens (tertiary/aromatic N) is 1. The maximum atomic E-state index is 12.7. The van der Waals surface area contributed by atoms with Crippen LogP contribution < -0.4 is 14.8 Å². The van der Waals surface area contributed by atoms with Crippen molar-refractivity contribution in [2.24, 2.45) is 0 Å². The van der Waals surface area contributed by atoms with Crippen LogP contribution in [0.2, 0.25) is 0 Å². The summed E-state index contributed by atoms with van der Waals surface area (Å²) < 4.78 is 42.6. The van der Waals surface area contributed by atoms with Crippen LogP contribution in [0.25, 0.3) is 0 Å². The maximum absolute atomic E-state index is 12.7. The Morgan fingerprint density at radius 3 is 2.33 bits per heavy atom. The van der Waals surface area contributed by atoms with Gasteiger partial charge >= 0.3 is 0 Å². The SMILES string of the molecule is COc1ccc(OC)c([C@@H](C)NC(=O)c2ccc(S(=O)(=O)N3CCOCC3)cc2)c1. The first-order valence-corrected chi connectivity index (χ1v) is 11.0. The second-order valence-electron chi connectivity index (χ2n) is 6.84. The van der Waals surface area contributed by atoms with Crippen molar-refractivity contribution in [3.8, 4) is 11.5 Å². The largest absolute Gasteiger partial charge is 0.497 e. The standard InChI is InChI=1S/C21H26N2O6S/c1-15(19-14-17(27-2)6-9-20(19)28-3)22-21(24)16-4-7-18(8-5-16)30(25,26)23-10-12-29-13-11-23/h4-9,14-15H,10-13H2,1-3H3,(H,22,24)/t15-/m1/s1. The van der Waals surface area contributed by atoms with Crippen LogP contribution in [0.3, 0.4) is 0 Å². The number of carbonyl (C=O) groups excluding carboxylic acids is 1. The van der Waals surface area contributed by atoms with Gasteiger partial charge in [-0.1, -0.05) is 0 Å². The van der Waals surface area contributed by atoms with Gasteiger partial charge in [0.05, 0.1) is 38.4 Å². The van der Waals surface area contributed by atoms with Gasteiger partial charge in [0, 0.05) is 24.2 Å². The Morgan fingerprint density at radius 1 is 1.07 bits per heavy atom. The molecular formula is C21H26N2O6S. The minimum atomic E-state index is -3.60. The van der Waals surface area contributed by atoms with Gasteiger partial charge in [0.1, 0.15) is 11.5 Å². The van der Waals surface area contributed by atoms with Crippen LogP contribution in [0.4, 0.5) is 0 Å². The highest BCUT2D eigenvalue weighted by molar-refractivity contribution is 7.89. The van der Waals surface area contributed by atoms with E-state index in [1.54, 1.807) is 26.4 Å². The number of sulfonamides is 1. The summed E-state index contributed by atoms with van der Waals surface area (Å²) >= 11 is 0. The summed E-state index contributed by atoms with van der Waals surface area (Å²) in [6.07, 6.45) is 0. The molecular weight excluding hydrogens is 408 g/mol. The molecule has 2 aromatic carbocycles. The molecule has 1 heterocycles. The van der Waals surface area contributed by atoms with E-state index < -0.39 is 10.0 Å². The van der Waals surface area contributed by atoms with Crippen LogP contribution in [0.15, 0.2) is 47.4 Å². The van der Waals surface area contributed by atoms with Crippen LogP contribution in [0, 0.1) is 0 Å². The summed E-state index contributed by atoms with van der Waals surface area (Å²) in [5.41, 5.74) is 1.14. The highest BCUT2D eigenvalue weighted by Gasteiger charge is 2.26. The molecule has 0 aromatic heterocycles. The third kappa shape index (κ3) is 4.75. The molecule has 30 heavy (non-hydrogen) atoms. The minimum absolute atomic E-state index is 0.156. The van der Waals surface area contributed by atoms with Crippen LogP contribution in [0.1, 0.15) is 28.9 Å². The fourth-order valence-electron chi connectivity index (χ4n) is 3.25. The van der Waals surface area contributed by atoms with Gasteiger partial charge in [-0.3, -0.25) is 4.79 Å². The molecule has 9 heteroatoms. The van der Waals surface area contributed by atoms with Crippen molar-refractivity contribution in [2.75, 3.05) is 40.5 Å². The predicted molar refractivity (Wildman–Crippen MR) is 111 cm³/mol. The first kappa shape index (κ1) is 22.1. The van der Waals surface area contributed by atoms with Crippen molar-refractivity contribution >= 4 is 15.9 Å². The minimum Gasteiger partial charge on any atom is -0.497 e. The zero-order valence-electron chi connectivity index (χ0n) is 17.3. The zero-order valence-corrected chi connectivity index (χ0v) is 18.1. The first-order valence-electron chi connectivity index (χ1n) is 9.57. The second kappa shape index (κ2) is 9.46. The summed E-state index contributed by atoms with van der Waals surface area (Å²) in [5.74, 6) is 0.975. The number of rotatable bonds is 7. The number of hydrogen-bond acceptors (Lipinski definition) is 6. The molecule has 1 fully saturated rings. The lowest BCUT2D eigenvalue weighted by Gasteiger charge is -2.26. The first-order chi connectivity index (χ1) is 14.4. The van der Waals surface area contributed by atoms with E-state index in [0.717, 1.165) is 5.56 Å². The fraction of sp³-hybridized carbons (Fsp3) is 0.381. The summed E-state index contributed by atoms with van der Waals surface area (Å²) in [6, 6.07) is 11.0. The van der Waals surface area contributed by atoms with Crippen LogP contribution in [0.5, 0.6) is 11.5 Å². The summed E-state index contributed by atoms with van der Waals surface area (Å²) in [6.45, 7) is 3.25. The molecule has 0 bridgehead atoms. The Hall–Kier alpha value is -2.62. The molecule has 0 spiro atoms. The molecule has 1 amide bonds. The molecule has 1 aliphatic rings. The number of benzene rings is 2. The predicted octanol–water partition coefficient (Wildman–Crippen LogP) is 2.22. The Balaban J connectivity index is 1.73. The molecule has 1 N–H and O–H groups in total. The molecule has 1 atom stereocenters. The Bertz CT molecular complexity index is 985. The molecule has 0 saturated carbocycles. The lowest BCUT2D eigenvalue weighted by Crippen LogP contribution is -2.40. The van der Waals surface area contributed by atoms with Crippen LogP contribution in [-0.2, 0) is 14.8 Å². The molecule has 0 radical (unpaired) electrons. The number of hydrogen-bond donors (Lipinski definition) is 1. The highest BCUT2D eigenvalue weighted by Crippen LogP contribution is 2.29. The summed E-state index contributed by atoms with van der Waals surface area (Å²) in [5, 5.41) is 2.91. The van der Waals surface area contributed by atoms with Gasteiger partial charge in [-0.05, 0) is 49.4 Å². The Kier molecular flexibility index (Phi) is 6.96. The van der Waals surface area contributed by atoms with E-state index >= 15 is 0 Å². The molecule has 2 aromatic rings. The van der Waals surface area contributed by atoms with Crippen molar-refractivity contribution in [3.05, 3.63) is 53.6 Å². The summed E-state index contributed by atoms with van der Waals surface area (Å²) in [4.78, 5) is 12.8. The quantitative estimate of drug-likeness (QED) is 0.718. The van der Waals surface area contributed by atoms with Gasteiger partial charge in [0.15, 0.2) is 0 Å². The van der Waals surface area contributed by atoms with Crippen molar-refractivity contribution in [3.63, 3.8) is 0 Å². The lowest BCUT2D eigenvalue weighted by atomic mass is 10.1. The van der Waals surface area contributed by atoms with Gasteiger partial charge in [-0.25, -0.2) is 8.42 Å². The molecule has 1 saturated heterocycles. The fourth-order valence-corrected chi connectivity index (χ4v) is 4.66. The number of ether oxygens (including phenoxy) is 3. The van der Waals surface area contributed by atoms with Gasteiger partial charge < -0.3 is 19.5 Å². The number of nitrogens with one attached hydrogen (secondary N) is 1. The molecule has 162 valence electrons. The molecule has 0 unspecified atom stereocenters. The number of methoxy groups -OCH3 is 2. The zero-order chi connectivity index (χ0) is 21.7. The Morgan fingerprint density at radius 2 is 1.73 bits per heavy atom. The van der Waals surface area contributed by atoms with Crippen LogP contribution >= 0.6 is 0 Å². The molecule has 1 aliphatic heterocycles. The van der Waals surface area contributed by atoms with Gasteiger partial charge in [0.25, 0.3) is 5.91 Å². The van der Waals surface area contributed by atoms with E-state index in [0.29, 0.717) is 43.4 Å². The number of carbonyl (C=O) groups is 1. The van der Waals surface area contributed by atoms with Crippen molar-refractivity contribution in [2.45, 2.75) is 17.9 Å². The third-order valence-electron chi connectivity index (χ3n) is 4.98.